The summed E-state index contributed by atoms with van der Waals surface area (Å²) in [6.45, 7) is 9.02. The van der Waals surface area contributed by atoms with Gasteiger partial charge in [-0.1, -0.05) is 13.8 Å². The summed E-state index contributed by atoms with van der Waals surface area (Å²) in [5.74, 6) is 2.06. The number of aromatic nitrogens is 1. The highest BCUT2D eigenvalue weighted by Gasteiger charge is 2.42. The van der Waals surface area contributed by atoms with Gasteiger partial charge in [0.15, 0.2) is 5.78 Å². The quantitative estimate of drug-likeness (QED) is 0.193. The highest BCUT2D eigenvalue weighted by Crippen LogP contribution is 2.52. The predicted octanol–water partition coefficient (Wildman–Crippen LogP) is 6.14. The van der Waals surface area contributed by atoms with Crippen molar-refractivity contribution in [3.05, 3.63) is 59.2 Å². The molecule has 37 heavy (non-hydrogen) atoms. The lowest BCUT2D eigenvalue weighted by molar-refractivity contribution is 0.0798. The number of thioether (sulfide) groups is 2. The summed E-state index contributed by atoms with van der Waals surface area (Å²) in [6, 6.07) is 7.97. The van der Waals surface area contributed by atoms with Crippen molar-refractivity contribution in [2.24, 2.45) is 5.92 Å². The third-order valence-corrected chi connectivity index (χ3v) is 10.7. The summed E-state index contributed by atoms with van der Waals surface area (Å²) in [5, 5.41) is 0. The normalized spacial score (nSPS) is 18.6. The Kier molecular flexibility index (Phi) is 9.81. The Hall–Kier alpha value is -1.77. The van der Waals surface area contributed by atoms with Gasteiger partial charge in [-0.05, 0) is 93.6 Å². The third-order valence-electron chi connectivity index (χ3n) is 7.64. The zero-order chi connectivity index (χ0) is 26.4. The number of Topliss-reactive ketones (excluding diaryl/α,β-unsaturated/α-hetero) is 1. The van der Waals surface area contributed by atoms with E-state index in [-0.39, 0.29) is 27.5 Å². The molecule has 2 aliphatic rings. The molecule has 1 saturated heterocycles. The van der Waals surface area contributed by atoms with Crippen molar-refractivity contribution in [2.75, 3.05) is 44.7 Å². The van der Waals surface area contributed by atoms with Gasteiger partial charge in [-0.3, -0.25) is 9.59 Å². The number of benzene rings is 1. The summed E-state index contributed by atoms with van der Waals surface area (Å²) in [7, 11) is 1.92. The van der Waals surface area contributed by atoms with Crippen molar-refractivity contribution in [2.45, 2.75) is 56.6 Å². The molecular formula is C29H40FN3O2S2. The van der Waals surface area contributed by atoms with Crippen molar-refractivity contribution in [3.63, 3.8) is 0 Å². The summed E-state index contributed by atoms with van der Waals surface area (Å²) in [6.07, 6.45) is 6.96. The number of carbonyl (C=O) groups excluding carboxylic acids is 2. The summed E-state index contributed by atoms with van der Waals surface area (Å²) < 4.78 is 15.5. The van der Waals surface area contributed by atoms with Gasteiger partial charge in [0.05, 0.1) is 11.3 Å². The first-order chi connectivity index (χ1) is 17.9. The molecule has 1 fully saturated rings. The van der Waals surface area contributed by atoms with Crippen molar-refractivity contribution in [3.8, 4) is 0 Å². The number of piperidine rings is 1. The van der Waals surface area contributed by atoms with Crippen LogP contribution in [0.1, 0.15) is 72.4 Å². The van der Waals surface area contributed by atoms with Crippen molar-refractivity contribution in [1.82, 2.24) is 14.4 Å². The second kappa shape index (κ2) is 12.9. The maximum absolute atomic E-state index is 13.2. The Bertz CT molecular complexity index is 1060. The van der Waals surface area contributed by atoms with Gasteiger partial charge in [0.25, 0.3) is 5.91 Å². The van der Waals surface area contributed by atoms with Crippen LogP contribution in [-0.2, 0) is 10.6 Å². The average Bonchev–Trinajstić information content (AvgIpc) is 3.30. The molecule has 8 heteroatoms. The molecule has 0 atom stereocenters. The number of nitrogens with zero attached hydrogens (tertiary/aromatic N) is 3. The SMILES string of the molecule is CCSC1(SCC)CCN(C)C(=O)c2ccn(CCCCN3CCC(C(=O)c4ccc(F)cc4)CC3)c21. The van der Waals surface area contributed by atoms with Crippen LogP contribution in [0.15, 0.2) is 36.5 Å². The number of likely N-dealkylation sites (tertiary alicyclic amines) is 1. The van der Waals surface area contributed by atoms with Crippen LogP contribution >= 0.6 is 23.5 Å². The van der Waals surface area contributed by atoms with E-state index in [0.29, 0.717) is 5.56 Å². The zero-order valence-electron chi connectivity index (χ0n) is 22.4. The molecule has 0 bridgehead atoms. The van der Waals surface area contributed by atoms with Gasteiger partial charge in [-0.25, -0.2) is 4.39 Å². The van der Waals surface area contributed by atoms with Crippen LogP contribution < -0.4 is 0 Å². The molecule has 3 heterocycles. The van der Waals surface area contributed by atoms with Gasteiger partial charge in [0, 0.05) is 37.8 Å². The maximum atomic E-state index is 13.2. The number of aryl methyl sites for hydroxylation is 1. The lowest BCUT2D eigenvalue weighted by Gasteiger charge is -2.33. The van der Waals surface area contributed by atoms with Crippen molar-refractivity contribution in [1.29, 1.82) is 0 Å². The van der Waals surface area contributed by atoms with Crippen LogP contribution in [0, 0.1) is 11.7 Å². The third kappa shape index (κ3) is 6.45. The zero-order valence-corrected chi connectivity index (χ0v) is 24.0. The van der Waals surface area contributed by atoms with E-state index in [4.69, 9.17) is 0 Å². The number of carbonyl (C=O) groups is 2. The summed E-state index contributed by atoms with van der Waals surface area (Å²) in [4.78, 5) is 30.2. The smallest absolute Gasteiger partial charge is 0.255 e. The molecule has 0 N–H and O–H groups in total. The highest BCUT2D eigenvalue weighted by molar-refractivity contribution is 8.17. The Morgan fingerprint density at radius 3 is 2.30 bits per heavy atom. The van der Waals surface area contributed by atoms with Gasteiger partial charge >= 0.3 is 0 Å². The molecule has 5 nitrogen and oxygen atoms in total. The molecule has 4 rings (SSSR count). The molecule has 2 aromatic rings. The molecule has 1 amide bonds. The maximum Gasteiger partial charge on any atom is 0.255 e. The first-order valence-electron chi connectivity index (χ1n) is 13.6. The van der Waals surface area contributed by atoms with E-state index in [0.717, 1.165) is 81.9 Å². The van der Waals surface area contributed by atoms with E-state index in [1.54, 1.807) is 12.1 Å². The minimum absolute atomic E-state index is 0.0352. The fourth-order valence-corrected chi connectivity index (χ4v) is 8.84. The summed E-state index contributed by atoms with van der Waals surface area (Å²) >= 11 is 3.95. The first-order valence-corrected chi connectivity index (χ1v) is 15.6. The van der Waals surface area contributed by atoms with Crippen LogP contribution in [0.3, 0.4) is 0 Å². The number of amides is 1. The topological polar surface area (TPSA) is 45.6 Å². The van der Waals surface area contributed by atoms with E-state index >= 15 is 0 Å². The minimum atomic E-state index is -0.305. The largest absolute Gasteiger partial charge is 0.349 e. The van der Waals surface area contributed by atoms with Gasteiger partial charge in [-0.2, -0.15) is 0 Å². The van der Waals surface area contributed by atoms with E-state index in [1.807, 2.05) is 41.5 Å². The van der Waals surface area contributed by atoms with Crippen molar-refractivity contribution < 1.29 is 14.0 Å². The molecule has 0 radical (unpaired) electrons. The van der Waals surface area contributed by atoms with Gasteiger partial charge in [-0.15, -0.1) is 23.5 Å². The van der Waals surface area contributed by atoms with Gasteiger partial charge < -0.3 is 14.4 Å². The van der Waals surface area contributed by atoms with E-state index in [9.17, 15) is 14.0 Å². The number of fused-ring (bicyclic) bond motifs is 1. The standard InChI is InChI=1S/C29H40FN3O2S2/c1-4-36-29(37-5-2)15-21-31(3)28(35)25-14-20-33(27(25)29)17-7-6-16-32-18-12-23(13-19-32)26(34)22-8-10-24(30)11-9-22/h8-11,14,20,23H,4-7,12-13,15-19,21H2,1-3H3. The van der Waals surface area contributed by atoms with Crippen LogP contribution in [0.5, 0.6) is 0 Å². The highest BCUT2D eigenvalue weighted by atomic mass is 32.2. The molecular weight excluding hydrogens is 505 g/mol. The number of rotatable bonds is 11. The lowest BCUT2D eigenvalue weighted by Crippen LogP contribution is -2.37. The molecule has 0 saturated carbocycles. The lowest BCUT2D eigenvalue weighted by atomic mass is 9.89. The molecule has 2 aliphatic heterocycles. The number of hydrogen-bond acceptors (Lipinski definition) is 5. The summed E-state index contributed by atoms with van der Waals surface area (Å²) in [5.41, 5.74) is 2.70. The van der Waals surface area contributed by atoms with E-state index in [2.05, 4.69) is 29.5 Å². The minimum Gasteiger partial charge on any atom is -0.349 e. The Balaban J connectivity index is 1.32. The Morgan fingerprint density at radius 2 is 1.65 bits per heavy atom. The second-order valence-electron chi connectivity index (χ2n) is 10.1. The molecule has 0 unspecified atom stereocenters. The molecule has 202 valence electrons. The molecule has 1 aromatic carbocycles. The van der Waals surface area contributed by atoms with Crippen LogP contribution in [0.4, 0.5) is 4.39 Å². The predicted molar refractivity (Wildman–Crippen MR) is 153 cm³/mol. The fourth-order valence-electron chi connectivity index (χ4n) is 5.67. The van der Waals surface area contributed by atoms with Crippen LogP contribution in [-0.4, -0.2) is 70.8 Å². The first kappa shape index (κ1) is 28.2. The number of ketones is 1. The Morgan fingerprint density at radius 1 is 1.00 bits per heavy atom. The van der Waals surface area contributed by atoms with Gasteiger partial charge in [0.2, 0.25) is 0 Å². The van der Waals surface area contributed by atoms with Gasteiger partial charge in [0.1, 0.15) is 9.90 Å². The second-order valence-corrected chi connectivity index (χ2v) is 13.4. The monoisotopic (exact) mass is 545 g/mol. The van der Waals surface area contributed by atoms with Crippen LogP contribution in [0.25, 0.3) is 0 Å². The Labute approximate surface area is 229 Å². The average molecular weight is 546 g/mol. The van der Waals surface area contributed by atoms with Crippen LogP contribution in [0.2, 0.25) is 0 Å². The number of halogens is 1. The molecule has 1 aromatic heterocycles. The molecule has 0 spiro atoms. The molecule has 0 aliphatic carbocycles. The number of unbranched alkanes of at least 4 members (excludes halogenated alkanes) is 1. The number of hydrogen-bond donors (Lipinski definition) is 0. The fraction of sp³-hybridized carbons (Fsp3) is 0.586. The van der Waals surface area contributed by atoms with E-state index < -0.39 is 0 Å². The van der Waals surface area contributed by atoms with E-state index in [1.165, 1.54) is 17.8 Å². The van der Waals surface area contributed by atoms with Crippen molar-refractivity contribution >= 4 is 35.2 Å².